The largest absolute Gasteiger partial charge is 0.492 e. The van der Waals surface area contributed by atoms with Gasteiger partial charge < -0.3 is 9.64 Å². The fraction of sp³-hybridized carbons (Fsp3) is 0.250. The smallest absolute Gasteiger partial charge is 0.273 e. The zero-order chi connectivity index (χ0) is 17.9. The van der Waals surface area contributed by atoms with Gasteiger partial charge in [-0.3, -0.25) is 4.79 Å². The van der Waals surface area contributed by atoms with E-state index in [1.807, 2.05) is 31.2 Å². The molecule has 0 fully saturated rings. The molecule has 8 heteroatoms. The molecule has 0 unspecified atom stereocenters. The Labute approximate surface area is 160 Å². The second kappa shape index (κ2) is 8.26. The topological polar surface area (TPSA) is 42.4 Å². The van der Waals surface area contributed by atoms with Crippen LogP contribution in [0.15, 0.2) is 24.3 Å². The van der Waals surface area contributed by atoms with Crippen molar-refractivity contribution in [1.29, 1.82) is 0 Å². The van der Waals surface area contributed by atoms with Gasteiger partial charge in [0, 0.05) is 7.05 Å². The number of nitrogens with zero attached hydrogens (tertiary/aromatic N) is 2. The number of halogens is 4. The summed E-state index contributed by atoms with van der Waals surface area (Å²) < 4.78 is 5.62. The van der Waals surface area contributed by atoms with E-state index in [0.29, 0.717) is 13.2 Å². The molecule has 2 aromatic rings. The molecule has 1 heterocycles. The number of hydrogen-bond acceptors (Lipinski definition) is 3. The Morgan fingerprint density at radius 2 is 1.88 bits per heavy atom. The van der Waals surface area contributed by atoms with E-state index < -0.39 is 5.91 Å². The summed E-state index contributed by atoms with van der Waals surface area (Å²) in [7, 11) is 1.61. The van der Waals surface area contributed by atoms with E-state index in [4.69, 9.17) is 51.1 Å². The minimum atomic E-state index is -0.423. The maximum absolute atomic E-state index is 12.4. The molecule has 0 radical (unpaired) electrons. The van der Waals surface area contributed by atoms with Crippen LogP contribution in [0.25, 0.3) is 0 Å². The van der Waals surface area contributed by atoms with Gasteiger partial charge in [0.1, 0.15) is 23.2 Å². The molecule has 4 nitrogen and oxygen atoms in total. The average Bonchev–Trinajstić information content (AvgIpc) is 2.55. The van der Waals surface area contributed by atoms with Gasteiger partial charge >= 0.3 is 0 Å². The zero-order valence-corrected chi connectivity index (χ0v) is 16.0. The van der Waals surface area contributed by atoms with Gasteiger partial charge in [-0.1, -0.05) is 58.5 Å². The van der Waals surface area contributed by atoms with Gasteiger partial charge in [-0.2, -0.15) is 0 Å². The molecule has 128 valence electrons. The number of pyridine rings is 1. The minimum absolute atomic E-state index is 0.00564. The van der Waals surface area contributed by atoms with Gasteiger partial charge in [-0.15, -0.1) is 0 Å². The summed E-state index contributed by atoms with van der Waals surface area (Å²) in [6.07, 6.45) is 0. The molecule has 0 aliphatic carbocycles. The van der Waals surface area contributed by atoms with Crippen LogP contribution in [0.2, 0.25) is 20.2 Å². The molecule has 0 atom stereocenters. The van der Waals surface area contributed by atoms with Crippen molar-refractivity contribution >= 4 is 52.3 Å². The first-order valence-electron chi connectivity index (χ1n) is 6.96. The lowest BCUT2D eigenvalue weighted by Crippen LogP contribution is -2.31. The number of amides is 1. The summed E-state index contributed by atoms with van der Waals surface area (Å²) >= 11 is 23.7. The van der Waals surface area contributed by atoms with Crippen molar-refractivity contribution in [3.05, 3.63) is 55.7 Å². The van der Waals surface area contributed by atoms with E-state index in [-0.39, 0.29) is 25.9 Å². The number of carbonyl (C=O) groups excluding carboxylic acids is 1. The predicted molar refractivity (Wildman–Crippen MR) is 97.9 cm³/mol. The van der Waals surface area contributed by atoms with Crippen LogP contribution in [0.5, 0.6) is 5.75 Å². The molecular weight excluding hydrogens is 394 g/mol. The Morgan fingerprint density at radius 1 is 1.17 bits per heavy atom. The quantitative estimate of drug-likeness (QED) is 0.643. The number of aromatic nitrogens is 1. The Balaban J connectivity index is 2.02. The Bertz CT molecular complexity index is 768. The highest BCUT2D eigenvalue weighted by molar-refractivity contribution is 6.52. The van der Waals surface area contributed by atoms with Gasteiger partial charge in [0.15, 0.2) is 0 Å². The van der Waals surface area contributed by atoms with Crippen LogP contribution < -0.4 is 4.74 Å². The third-order valence-electron chi connectivity index (χ3n) is 3.22. The number of aryl methyl sites for hydroxylation is 1. The minimum Gasteiger partial charge on any atom is -0.492 e. The standard InChI is InChI=1S/C16H14Cl4N2O2/c1-9-4-3-5-10(8-9)24-7-6-22(2)16(23)14-12(18)11(17)13(19)15(20)21-14/h3-5,8H,6-7H2,1-2H3. The van der Waals surface area contributed by atoms with Crippen LogP contribution in [0.1, 0.15) is 16.1 Å². The second-order valence-electron chi connectivity index (χ2n) is 5.08. The molecule has 0 N–H and O–H groups in total. The number of carbonyl (C=O) groups is 1. The molecule has 0 bridgehead atoms. The van der Waals surface area contributed by atoms with Crippen molar-refractivity contribution in [1.82, 2.24) is 9.88 Å². The Hall–Kier alpha value is -1.20. The van der Waals surface area contributed by atoms with Crippen LogP contribution in [0, 0.1) is 6.92 Å². The highest BCUT2D eigenvalue weighted by atomic mass is 35.5. The third kappa shape index (κ3) is 4.45. The SMILES string of the molecule is Cc1cccc(OCCN(C)C(=O)c2nc(Cl)c(Cl)c(Cl)c2Cl)c1. The molecule has 0 aliphatic rings. The van der Waals surface area contributed by atoms with Crippen molar-refractivity contribution in [3.63, 3.8) is 0 Å². The van der Waals surface area contributed by atoms with E-state index in [9.17, 15) is 4.79 Å². The molecule has 1 aromatic heterocycles. The average molecular weight is 408 g/mol. The normalized spacial score (nSPS) is 10.6. The zero-order valence-electron chi connectivity index (χ0n) is 12.9. The van der Waals surface area contributed by atoms with E-state index in [1.165, 1.54) is 4.90 Å². The molecule has 0 spiro atoms. The summed E-state index contributed by atoms with van der Waals surface area (Å²) in [6, 6.07) is 7.65. The summed E-state index contributed by atoms with van der Waals surface area (Å²) in [6.45, 7) is 2.63. The fourth-order valence-electron chi connectivity index (χ4n) is 1.92. The number of rotatable bonds is 5. The lowest BCUT2D eigenvalue weighted by molar-refractivity contribution is 0.0768. The summed E-state index contributed by atoms with van der Waals surface area (Å²) in [5.74, 6) is 0.317. The monoisotopic (exact) mass is 406 g/mol. The van der Waals surface area contributed by atoms with Gasteiger partial charge in [0.25, 0.3) is 5.91 Å². The number of ether oxygens (including phenoxy) is 1. The molecule has 0 saturated heterocycles. The highest BCUT2D eigenvalue weighted by Gasteiger charge is 2.22. The maximum Gasteiger partial charge on any atom is 0.273 e. The van der Waals surface area contributed by atoms with Crippen LogP contribution in [-0.4, -0.2) is 36.0 Å². The number of likely N-dealkylation sites (N-methyl/N-ethyl adjacent to an activating group) is 1. The highest BCUT2D eigenvalue weighted by Crippen LogP contribution is 2.36. The molecule has 1 amide bonds. The molecule has 1 aromatic carbocycles. The van der Waals surface area contributed by atoms with Crippen molar-refractivity contribution in [2.45, 2.75) is 6.92 Å². The van der Waals surface area contributed by atoms with Crippen molar-refractivity contribution in [2.75, 3.05) is 20.2 Å². The van der Waals surface area contributed by atoms with Gasteiger partial charge in [-0.05, 0) is 24.6 Å². The van der Waals surface area contributed by atoms with Crippen molar-refractivity contribution in [2.24, 2.45) is 0 Å². The summed E-state index contributed by atoms with van der Waals surface area (Å²) in [4.78, 5) is 17.8. The van der Waals surface area contributed by atoms with E-state index in [2.05, 4.69) is 4.98 Å². The Kier molecular flexibility index (Phi) is 6.58. The predicted octanol–water partition coefficient (Wildman–Crippen LogP) is 5.15. The summed E-state index contributed by atoms with van der Waals surface area (Å²) in [5, 5.41) is -0.0715. The van der Waals surface area contributed by atoms with Crippen LogP contribution in [0.4, 0.5) is 0 Å². The molecule has 0 aliphatic heterocycles. The Morgan fingerprint density at radius 3 is 2.54 bits per heavy atom. The van der Waals surface area contributed by atoms with E-state index in [1.54, 1.807) is 7.05 Å². The first-order chi connectivity index (χ1) is 11.3. The van der Waals surface area contributed by atoms with Crippen LogP contribution in [0.3, 0.4) is 0 Å². The molecule has 24 heavy (non-hydrogen) atoms. The van der Waals surface area contributed by atoms with Crippen LogP contribution in [-0.2, 0) is 0 Å². The van der Waals surface area contributed by atoms with E-state index >= 15 is 0 Å². The molecule has 0 saturated carbocycles. The number of benzene rings is 1. The first kappa shape index (κ1) is 19.1. The number of hydrogen-bond donors (Lipinski definition) is 0. The lowest BCUT2D eigenvalue weighted by atomic mass is 10.2. The fourth-order valence-corrected chi connectivity index (χ4v) is 2.73. The van der Waals surface area contributed by atoms with Crippen molar-refractivity contribution in [3.8, 4) is 5.75 Å². The van der Waals surface area contributed by atoms with Gasteiger partial charge in [0.2, 0.25) is 0 Å². The maximum atomic E-state index is 12.4. The second-order valence-corrected chi connectivity index (χ2v) is 6.58. The van der Waals surface area contributed by atoms with E-state index in [0.717, 1.165) is 11.3 Å². The first-order valence-corrected chi connectivity index (χ1v) is 8.47. The molecular formula is C16H14Cl4N2O2. The third-order valence-corrected chi connectivity index (χ3v) is 4.90. The summed E-state index contributed by atoms with van der Waals surface area (Å²) in [5.41, 5.74) is 1.05. The molecule has 2 rings (SSSR count). The van der Waals surface area contributed by atoms with Gasteiger partial charge in [-0.25, -0.2) is 4.98 Å². The lowest BCUT2D eigenvalue weighted by Gasteiger charge is -2.18. The van der Waals surface area contributed by atoms with Crippen molar-refractivity contribution < 1.29 is 9.53 Å². The van der Waals surface area contributed by atoms with Gasteiger partial charge in [0.05, 0.1) is 21.6 Å². The van der Waals surface area contributed by atoms with Crippen LogP contribution >= 0.6 is 46.4 Å².